The number of methoxy groups -OCH3 is 2. The van der Waals surface area contributed by atoms with Gasteiger partial charge in [0.2, 0.25) is 5.91 Å². The molecule has 29 heavy (non-hydrogen) atoms. The lowest BCUT2D eigenvalue weighted by Crippen LogP contribution is -2.33. The molecule has 0 saturated heterocycles. The van der Waals surface area contributed by atoms with E-state index in [-0.39, 0.29) is 11.8 Å². The average molecular weight is 420 g/mol. The molecule has 0 aliphatic rings. The van der Waals surface area contributed by atoms with Gasteiger partial charge in [-0.2, -0.15) is 0 Å². The van der Waals surface area contributed by atoms with Crippen molar-refractivity contribution in [2.24, 2.45) is 0 Å². The number of amides is 2. The van der Waals surface area contributed by atoms with Gasteiger partial charge in [-0.25, -0.2) is 4.98 Å². The van der Waals surface area contributed by atoms with Gasteiger partial charge in [0.15, 0.2) is 0 Å². The largest absolute Gasteiger partial charge is 0.385 e. The van der Waals surface area contributed by atoms with Crippen LogP contribution in [-0.4, -0.2) is 62.2 Å². The highest BCUT2D eigenvalue weighted by Gasteiger charge is 2.17. The highest BCUT2D eigenvalue weighted by molar-refractivity contribution is 7.09. The van der Waals surface area contributed by atoms with Crippen molar-refractivity contribution in [3.63, 3.8) is 0 Å². The van der Waals surface area contributed by atoms with E-state index < -0.39 is 0 Å². The number of aromatic nitrogens is 1. The van der Waals surface area contributed by atoms with Crippen LogP contribution in [-0.2, 0) is 27.2 Å². The quantitative estimate of drug-likeness (QED) is 0.505. The molecule has 158 valence electrons. The molecule has 0 aliphatic heterocycles. The Kier molecular flexibility index (Phi) is 10.3. The first-order valence-electron chi connectivity index (χ1n) is 9.66. The minimum absolute atomic E-state index is 0.0353. The summed E-state index contributed by atoms with van der Waals surface area (Å²) >= 11 is 1.39. The Bertz CT molecular complexity index is 751. The van der Waals surface area contributed by atoms with E-state index in [1.165, 1.54) is 11.3 Å². The third-order valence-corrected chi connectivity index (χ3v) is 5.08. The Morgan fingerprint density at radius 2 is 1.83 bits per heavy atom. The van der Waals surface area contributed by atoms with E-state index in [4.69, 9.17) is 9.47 Å². The molecule has 0 atom stereocenters. The number of hydrogen-bond donors (Lipinski definition) is 1. The lowest BCUT2D eigenvalue weighted by atomic mass is 10.1. The summed E-state index contributed by atoms with van der Waals surface area (Å²) in [7, 11) is 3.28. The maximum atomic E-state index is 12.8. The normalized spacial score (nSPS) is 10.7. The molecule has 8 heteroatoms. The standard InChI is InChI=1S/C21H29N3O4S/c1-27-12-6-10-22-21(26)18-16-29-19(23-18)15-24(11-7-13-28-2)20(25)14-17-8-4-3-5-9-17/h3-5,8-9,16H,6-7,10-15H2,1-2H3,(H,22,26). The Hall–Kier alpha value is -2.29. The van der Waals surface area contributed by atoms with Crippen LogP contribution in [0.3, 0.4) is 0 Å². The number of thiazole rings is 1. The van der Waals surface area contributed by atoms with Crippen molar-refractivity contribution in [3.05, 3.63) is 52.0 Å². The Morgan fingerprint density at radius 1 is 1.10 bits per heavy atom. The zero-order chi connectivity index (χ0) is 20.9. The number of ether oxygens (including phenoxy) is 2. The summed E-state index contributed by atoms with van der Waals surface area (Å²) in [6, 6.07) is 9.68. The summed E-state index contributed by atoms with van der Waals surface area (Å²) in [6.07, 6.45) is 1.84. The topological polar surface area (TPSA) is 80.8 Å². The van der Waals surface area contributed by atoms with E-state index in [9.17, 15) is 9.59 Å². The lowest BCUT2D eigenvalue weighted by Gasteiger charge is -2.21. The van der Waals surface area contributed by atoms with Crippen molar-refractivity contribution >= 4 is 23.2 Å². The second kappa shape index (κ2) is 13.0. The molecule has 0 radical (unpaired) electrons. The molecule has 0 unspecified atom stereocenters. The summed E-state index contributed by atoms with van der Waals surface area (Å²) in [5, 5.41) is 5.30. The number of benzene rings is 1. The van der Waals surface area contributed by atoms with E-state index in [0.29, 0.717) is 45.0 Å². The molecule has 2 rings (SSSR count). The SMILES string of the molecule is COCCCNC(=O)c1csc(CN(CCCOC)C(=O)Cc2ccccc2)n1. The van der Waals surface area contributed by atoms with E-state index in [1.807, 2.05) is 30.3 Å². The number of carbonyl (C=O) groups excluding carboxylic acids is 2. The van der Waals surface area contributed by atoms with Gasteiger partial charge in [0.25, 0.3) is 5.91 Å². The second-order valence-corrected chi connectivity index (χ2v) is 7.50. The molecule has 2 aromatic rings. The van der Waals surface area contributed by atoms with Crippen molar-refractivity contribution < 1.29 is 19.1 Å². The molecule has 1 heterocycles. The molecule has 0 aliphatic carbocycles. The Labute approximate surface area is 176 Å². The van der Waals surface area contributed by atoms with Crippen LogP contribution < -0.4 is 5.32 Å². The van der Waals surface area contributed by atoms with Crippen molar-refractivity contribution in [3.8, 4) is 0 Å². The van der Waals surface area contributed by atoms with Crippen molar-refractivity contribution in [2.45, 2.75) is 25.8 Å². The number of nitrogens with one attached hydrogen (secondary N) is 1. The molecule has 0 fully saturated rings. The van der Waals surface area contributed by atoms with Crippen LogP contribution >= 0.6 is 11.3 Å². The van der Waals surface area contributed by atoms with Gasteiger partial charge in [0.1, 0.15) is 10.7 Å². The first kappa shape index (κ1) is 23.0. The molecular weight excluding hydrogens is 390 g/mol. The highest BCUT2D eigenvalue weighted by atomic mass is 32.1. The summed E-state index contributed by atoms with van der Waals surface area (Å²) < 4.78 is 10.1. The van der Waals surface area contributed by atoms with Crippen LogP contribution in [0.4, 0.5) is 0 Å². The molecular formula is C21H29N3O4S. The minimum Gasteiger partial charge on any atom is -0.385 e. The van der Waals surface area contributed by atoms with Crippen LogP contribution in [0.2, 0.25) is 0 Å². The fraction of sp³-hybridized carbons (Fsp3) is 0.476. The monoisotopic (exact) mass is 419 g/mol. The van der Waals surface area contributed by atoms with E-state index in [2.05, 4.69) is 10.3 Å². The van der Waals surface area contributed by atoms with Crippen molar-refractivity contribution in [1.82, 2.24) is 15.2 Å². The van der Waals surface area contributed by atoms with Gasteiger partial charge in [0, 0.05) is 45.9 Å². The van der Waals surface area contributed by atoms with Crippen molar-refractivity contribution in [1.29, 1.82) is 0 Å². The first-order valence-corrected chi connectivity index (χ1v) is 10.5. The van der Waals surface area contributed by atoms with Crippen LogP contribution in [0.1, 0.15) is 33.9 Å². The maximum absolute atomic E-state index is 12.8. The molecule has 0 bridgehead atoms. The minimum atomic E-state index is -0.204. The number of hydrogen-bond acceptors (Lipinski definition) is 6. The Balaban J connectivity index is 1.96. The van der Waals surface area contributed by atoms with E-state index >= 15 is 0 Å². The fourth-order valence-corrected chi connectivity index (χ4v) is 3.52. The second-order valence-electron chi connectivity index (χ2n) is 6.55. The van der Waals surface area contributed by atoms with Gasteiger partial charge in [0.05, 0.1) is 13.0 Å². The molecule has 1 N–H and O–H groups in total. The third kappa shape index (κ3) is 8.31. The number of rotatable bonds is 13. The number of carbonyl (C=O) groups is 2. The van der Waals surface area contributed by atoms with Gasteiger partial charge in [-0.15, -0.1) is 11.3 Å². The molecule has 1 aromatic carbocycles. The van der Waals surface area contributed by atoms with E-state index in [0.717, 1.165) is 23.4 Å². The average Bonchev–Trinajstić information content (AvgIpc) is 3.20. The summed E-state index contributed by atoms with van der Waals surface area (Å²) in [4.78, 5) is 31.2. The smallest absolute Gasteiger partial charge is 0.270 e. The zero-order valence-electron chi connectivity index (χ0n) is 17.1. The van der Waals surface area contributed by atoms with Crippen LogP contribution in [0.25, 0.3) is 0 Å². The number of nitrogens with zero attached hydrogens (tertiary/aromatic N) is 2. The van der Waals surface area contributed by atoms with Crippen LogP contribution in [0.5, 0.6) is 0 Å². The van der Waals surface area contributed by atoms with Gasteiger partial charge in [-0.3, -0.25) is 9.59 Å². The summed E-state index contributed by atoms with van der Waals surface area (Å²) in [6.45, 7) is 2.69. The first-order chi connectivity index (χ1) is 14.1. The van der Waals surface area contributed by atoms with Crippen LogP contribution in [0, 0.1) is 0 Å². The molecule has 7 nitrogen and oxygen atoms in total. The Morgan fingerprint density at radius 3 is 2.55 bits per heavy atom. The summed E-state index contributed by atoms with van der Waals surface area (Å²) in [5.41, 5.74) is 1.36. The van der Waals surface area contributed by atoms with Gasteiger partial charge in [-0.05, 0) is 18.4 Å². The lowest BCUT2D eigenvalue weighted by molar-refractivity contribution is -0.131. The zero-order valence-corrected chi connectivity index (χ0v) is 17.9. The molecule has 0 saturated carbocycles. The van der Waals surface area contributed by atoms with Gasteiger partial charge >= 0.3 is 0 Å². The molecule has 2 amide bonds. The molecule has 1 aromatic heterocycles. The third-order valence-electron chi connectivity index (χ3n) is 4.25. The summed E-state index contributed by atoms with van der Waals surface area (Å²) in [5.74, 6) is -0.168. The van der Waals surface area contributed by atoms with E-state index in [1.54, 1.807) is 24.5 Å². The van der Waals surface area contributed by atoms with Gasteiger partial charge < -0.3 is 19.7 Å². The van der Waals surface area contributed by atoms with Crippen molar-refractivity contribution in [2.75, 3.05) is 40.5 Å². The predicted molar refractivity (Wildman–Crippen MR) is 113 cm³/mol. The maximum Gasteiger partial charge on any atom is 0.270 e. The highest BCUT2D eigenvalue weighted by Crippen LogP contribution is 2.14. The fourth-order valence-electron chi connectivity index (χ4n) is 2.73. The van der Waals surface area contributed by atoms with Gasteiger partial charge in [-0.1, -0.05) is 30.3 Å². The predicted octanol–water partition coefficient (Wildman–Crippen LogP) is 2.52. The van der Waals surface area contributed by atoms with Crippen LogP contribution in [0.15, 0.2) is 35.7 Å². The molecule has 0 spiro atoms.